The molecule has 2 heterocycles. The lowest BCUT2D eigenvalue weighted by atomic mass is 10.1. The van der Waals surface area contributed by atoms with Crippen LogP contribution in [0.1, 0.15) is 11.1 Å². The van der Waals surface area contributed by atoms with Gasteiger partial charge in [0, 0.05) is 32.2 Å². The molecule has 5 nitrogen and oxygen atoms in total. The van der Waals surface area contributed by atoms with Gasteiger partial charge >= 0.3 is 0 Å². The summed E-state index contributed by atoms with van der Waals surface area (Å²) in [5.74, 6) is 2.50. The number of ether oxygens (including phenoxy) is 1. The summed E-state index contributed by atoms with van der Waals surface area (Å²) in [5.41, 5.74) is 2.93. The van der Waals surface area contributed by atoms with E-state index in [4.69, 9.17) is 9.73 Å². The SMILES string of the molecule is Cc1ccc2c(c1)C(N1CCN(C)CC1)=Nc1ccc(O)cc1O2. The first kappa shape index (κ1) is 15.0. The molecule has 0 unspecified atom stereocenters. The topological polar surface area (TPSA) is 48.3 Å². The van der Waals surface area contributed by atoms with Gasteiger partial charge in [-0.15, -0.1) is 0 Å². The number of likely N-dealkylation sites (N-methyl/N-ethyl adjacent to an activating group) is 1. The van der Waals surface area contributed by atoms with Gasteiger partial charge in [-0.3, -0.25) is 0 Å². The molecule has 5 heteroatoms. The second-order valence-electron chi connectivity index (χ2n) is 6.48. The second kappa shape index (κ2) is 5.83. The maximum Gasteiger partial charge on any atom is 0.156 e. The Kier molecular flexibility index (Phi) is 3.65. The Hall–Kier alpha value is -2.53. The maximum atomic E-state index is 9.77. The van der Waals surface area contributed by atoms with Crippen LogP contribution in [0.3, 0.4) is 0 Å². The van der Waals surface area contributed by atoms with E-state index in [0.29, 0.717) is 5.75 Å². The molecule has 2 aromatic carbocycles. The second-order valence-corrected chi connectivity index (χ2v) is 6.48. The van der Waals surface area contributed by atoms with E-state index in [1.54, 1.807) is 18.2 Å². The molecule has 1 fully saturated rings. The van der Waals surface area contributed by atoms with E-state index < -0.39 is 0 Å². The summed E-state index contributed by atoms with van der Waals surface area (Å²) in [4.78, 5) is 9.55. The first-order valence-corrected chi connectivity index (χ1v) is 8.24. The average Bonchev–Trinajstić information content (AvgIpc) is 2.72. The minimum absolute atomic E-state index is 0.181. The average molecular weight is 323 g/mol. The number of amidine groups is 1. The lowest BCUT2D eigenvalue weighted by Crippen LogP contribution is -2.47. The fourth-order valence-electron chi connectivity index (χ4n) is 3.14. The molecular formula is C19H21N3O2. The molecule has 0 atom stereocenters. The number of fused-ring (bicyclic) bond motifs is 2. The van der Waals surface area contributed by atoms with Crippen LogP contribution >= 0.6 is 0 Å². The Morgan fingerprint density at radius 3 is 2.58 bits per heavy atom. The van der Waals surface area contributed by atoms with Gasteiger partial charge in [0.1, 0.15) is 23.0 Å². The van der Waals surface area contributed by atoms with E-state index in [9.17, 15) is 5.11 Å². The highest BCUT2D eigenvalue weighted by Crippen LogP contribution is 2.40. The van der Waals surface area contributed by atoms with Gasteiger partial charge in [-0.25, -0.2) is 4.99 Å². The summed E-state index contributed by atoms with van der Waals surface area (Å²) in [6, 6.07) is 11.2. The Labute approximate surface area is 141 Å². The van der Waals surface area contributed by atoms with Crippen molar-refractivity contribution in [2.24, 2.45) is 4.99 Å². The zero-order chi connectivity index (χ0) is 16.7. The van der Waals surface area contributed by atoms with Crippen molar-refractivity contribution < 1.29 is 9.84 Å². The van der Waals surface area contributed by atoms with Crippen molar-refractivity contribution in [1.82, 2.24) is 9.80 Å². The number of aromatic hydroxyl groups is 1. The number of aliphatic imine (C=N–C) groups is 1. The number of piperazine rings is 1. The minimum atomic E-state index is 0.181. The Balaban J connectivity index is 1.85. The predicted molar refractivity (Wildman–Crippen MR) is 94.6 cm³/mol. The smallest absolute Gasteiger partial charge is 0.156 e. The highest BCUT2D eigenvalue weighted by Gasteiger charge is 2.25. The third-order valence-corrected chi connectivity index (χ3v) is 4.57. The standard InChI is InChI=1S/C19H21N3O2/c1-13-3-6-17-15(11-13)19(22-9-7-21(2)8-10-22)20-16-5-4-14(23)12-18(16)24-17/h3-6,11-12,23H,7-10H2,1-2H3. The molecule has 1 saturated heterocycles. The van der Waals surface area contributed by atoms with Crippen LogP contribution in [0.2, 0.25) is 0 Å². The molecule has 2 aliphatic heterocycles. The molecule has 0 aliphatic carbocycles. The van der Waals surface area contributed by atoms with Gasteiger partial charge < -0.3 is 19.6 Å². The third kappa shape index (κ3) is 2.71. The van der Waals surface area contributed by atoms with E-state index in [-0.39, 0.29) is 5.75 Å². The van der Waals surface area contributed by atoms with E-state index in [2.05, 4.69) is 29.8 Å². The van der Waals surface area contributed by atoms with Crippen LogP contribution < -0.4 is 4.74 Å². The van der Waals surface area contributed by atoms with Gasteiger partial charge in [0.2, 0.25) is 0 Å². The number of hydrogen-bond donors (Lipinski definition) is 1. The van der Waals surface area contributed by atoms with Gasteiger partial charge in [0.15, 0.2) is 5.75 Å². The molecule has 124 valence electrons. The van der Waals surface area contributed by atoms with Crippen LogP contribution in [0.15, 0.2) is 41.4 Å². The van der Waals surface area contributed by atoms with Crippen LogP contribution in [0.25, 0.3) is 0 Å². The molecule has 24 heavy (non-hydrogen) atoms. The number of rotatable bonds is 0. The summed E-state index contributed by atoms with van der Waals surface area (Å²) in [6.45, 7) is 5.99. The van der Waals surface area contributed by atoms with E-state index in [1.165, 1.54) is 5.56 Å². The van der Waals surface area contributed by atoms with Crippen LogP contribution in [-0.2, 0) is 0 Å². The highest BCUT2D eigenvalue weighted by atomic mass is 16.5. The van der Waals surface area contributed by atoms with Crippen molar-refractivity contribution in [3.8, 4) is 17.2 Å². The van der Waals surface area contributed by atoms with E-state index >= 15 is 0 Å². The third-order valence-electron chi connectivity index (χ3n) is 4.57. The molecule has 0 aromatic heterocycles. The summed E-state index contributed by atoms with van der Waals surface area (Å²) in [5, 5.41) is 9.77. The Bertz CT molecular complexity index is 808. The van der Waals surface area contributed by atoms with Crippen LogP contribution in [0, 0.1) is 6.92 Å². The largest absolute Gasteiger partial charge is 0.508 e. The zero-order valence-corrected chi connectivity index (χ0v) is 14.0. The summed E-state index contributed by atoms with van der Waals surface area (Å²) in [7, 11) is 2.14. The quantitative estimate of drug-likeness (QED) is 0.809. The minimum Gasteiger partial charge on any atom is -0.508 e. The van der Waals surface area contributed by atoms with Crippen molar-refractivity contribution in [2.75, 3.05) is 33.2 Å². The summed E-state index contributed by atoms with van der Waals surface area (Å²) >= 11 is 0. The molecule has 4 rings (SSSR count). The molecule has 0 bridgehead atoms. The lowest BCUT2D eigenvalue weighted by Gasteiger charge is -2.34. The lowest BCUT2D eigenvalue weighted by molar-refractivity contribution is 0.215. The summed E-state index contributed by atoms with van der Waals surface area (Å²) < 4.78 is 6.07. The van der Waals surface area contributed by atoms with E-state index in [0.717, 1.165) is 49.0 Å². The van der Waals surface area contributed by atoms with Gasteiger partial charge in [-0.1, -0.05) is 11.6 Å². The molecule has 2 aliphatic rings. The van der Waals surface area contributed by atoms with Crippen molar-refractivity contribution >= 4 is 11.5 Å². The molecule has 0 amide bonds. The Morgan fingerprint density at radius 2 is 1.79 bits per heavy atom. The highest BCUT2D eigenvalue weighted by molar-refractivity contribution is 6.04. The molecule has 1 N–H and O–H groups in total. The predicted octanol–water partition coefficient (Wildman–Crippen LogP) is 3.13. The van der Waals surface area contributed by atoms with Crippen molar-refractivity contribution in [3.63, 3.8) is 0 Å². The number of aryl methyl sites for hydroxylation is 1. The normalized spacial score (nSPS) is 17.4. The van der Waals surface area contributed by atoms with Gasteiger partial charge in [0.05, 0.1) is 5.56 Å². The zero-order valence-electron chi connectivity index (χ0n) is 14.0. The number of phenols is 1. The number of phenolic OH excluding ortho intramolecular Hbond substituents is 1. The van der Waals surface area contributed by atoms with Gasteiger partial charge in [0.25, 0.3) is 0 Å². The monoisotopic (exact) mass is 323 g/mol. The molecule has 2 aromatic rings. The molecule has 0 saturated carbocycles. The van der Waals surface area contributed by atoms with E-state index in [1.807, 2.05) is 12.1 Å². The molecule has 0 spiro atoms. The van der Waals surface area contributed by atoms with Gasteiger partial charge in [-0.05, 0) is 38.2 Å². The summed E-state index contributed by atoms with van der Waals surface area (Å²) in [6.07, 6.45) is 0. The molecule has 0 radical (unpaired) electrons. The van der Waals surface area contributed by atoms with Crippen molar-refractivity contribution in [1.29, 1.82) is 0 Å². The first-order valence-electron chi connectivity index (χ1n) is 8.24. The van der Waals surface area contributed by atoms with Gasteiger partial charge in [-0.2, -0.15) is 0 Å². The number of nitrogens with zero attached hydrogens (tertiary/aromatic N) is 3. The molecular weight excluding hydrogens is 302 g/mol. The Morgan fingerprint density at radius 1 is 1.00 bits per heavy atom. The number of hydrogen-bond acceptors (Lipinski definition) is 5. The fraction of sp³-hybridized carbons (Fsp3) is 0.316. The maximum absolute atomic E-state index is 9.77. The number of benzene rings is 2. The fourth-order valence-corrected chi connectivity index (χ4v) is 3.14. The first-order chi connectivity index (χ1) is 11.6. The van der Waals surface area contributed by atoms with Crippen LogP contribution in [-0.4, -0.2) is 54.0 Å². The van der Waals surface area contributed by atoms with Crippen LogP contribution in [0.5, 0.6) is 17.2 Å². The van der Waals surface area contributed by atoms with Crippen molar-refractivity contribution in [3.05, 3.63) is 47.5 Å². The van der Waals surface area contributed by atoms with Crippen molar-refractivity contribution in [2.45, 2.75) is 6.92 Å². The van der Waals surface area contributed by atoms with Crippen LogP contribution in [0.4, 0.5) is 5.69 Å².